The highest BCUT2D eigenvalue weighted by molar-refractivity contribution is 5.88. The molecule has 0 bridgehead atoms. The second-order valence-electron chi connectivity index (χ2n) is 4.72. The van der Waals surface area contributed by atoms with Gasteiger partial charge < -0.3 is 15.7 Å². The fourth-order valence-electron chi connectivity index (χ4n) is 1.70. The summed E-state index contributed by atoms with van der Waals surface area (Å²) in [4.78, 5) is 33.7. The number of alkyl halides is 3. The van der Waals surface area contributed by atoms with Gasteiger partial charge in [-0.15, -0.1) is 0 Å². The third kappa shape index (κ3) is 7.84. The molecule has 0 aliphatic carbocycles. The Labute approximate surface area is 129 Å². The molecule has 0 aliphatic rings. The van der Waals surface area contributed by atoms with Crippen molar-refractivity contribution < 1.29 is 32.7 Å². The topological polar surface area (TPSA) is 95.5 Å². The van der Waals surface area contributed by atoms with Crippen LogP contribution in [0.25, 0.3) is 0 Å². The average molecular weight is 332 g/mol. The standard InChI is InChI=1S/C14H15F3N2O4/c15-14(16,17)7-10(13(22)23)19-12(21)8-18-11(20)6-9-4-2-1-3-5-9/h1-5,10H,6-8H2,(H,18,20)(H,19,21)(H,22,23). The summed E-state index contributed by atoms with van der Waals surface area (Å²) in [5.41, 5.74) is 0.700. The van der Waals surface area contributed by atoms with Crippen molar-refractivity contribution in [1.82, 2.24) is 10.6 Å². The van der Waals surface area contributed by atoms with Gasteiger partial charge in [0.25, 0.3) is 0 Å². The molecule has 3 N–H and O–H groups in total. The molecule has 6 nitrogen and oxygen atoms in total. The molecule has 0 fully saturated rings. The fraction of sp³-hybridized carbons (Fsp3) is 0.357. The van der Waals surface area contributed by atoms with E-state index in [9.17, 15) is 27.6 Å². The second kappa shape index (κ2) is 8.16. The molecule has 1 unspecified atom stereocenters. The van der Waals surface area contributed by atoms with Gasteiger partial charge in [-0.1, -0.05) is 30.3 Å². The van der Waals surface area contributed by atoms with Gasteiger partial charge in [0.1, 0.15) is 6.04 Å². The third-order valence-corrected chi connectivity index (χ3v) is 2.72. The first-order valence-corrected chi connectivity index (χ1v) is 6.57. The van der Waals surface area contributed by atoms with Gasteiger partial charge in [-0.2, -0.15) is 13.2 Å². The van der Waals surface area contributed by atoms with Gasteiger partial charge >= 0.3 is 12.1 Å². The van der Waals surface area contributed by atoms with E-state index in [0.29, 0.717) is 5.56 Å². The quantitative estimate of drug-likeness (QED) is 0.690. The lowest BCUT2D eigenvalue weighted by Crippen LogP contribution is -2.47. The number of aliphatic carboxylic acids is 1. The Balaban J connectivity index is 2.43. The van der Waals surface area contributed by atoms with Gasteiger partial charge in [0.2, 0.25) is 11.8 Å². The first-order valence-electron chi connectivity index (χ1n) is 6.57. The molecule has 0 radical (unpaired) electrons. The Bertz CT molecular complexity index is 561. The van der Waals surface area contributed by atoms with Crippen molar-refractivity contribution in [2.45, 2.75) is 25.1 Å². The average Bonchev–Trinajstić information content (AvgIpc) is 2.44. The van der Waals surface area contributed by atoms with Gasteiger partial charge in [-0.25, -0.2) is 4.79 Å². The van der Waals surface area contributed by atoms with Gasteiger partial charge in [-0.3, -0.25) is 9.59 Å². The van der Waals surface area contributed by atoms with Crippen LogP contribution >= 0.6 is 0 Å². The summed E-state index contributed by atoms with van der Waals surface area (Å²) in [6.45, 7) is -0.604. The van der Waals surface area contributed by atoms with E-state index in [1.807, 2.05) is 0 Å². The van der Waals surface area contributed by atoms with E-state index in [4.69, 9.17) is 5.11 Å². The number of carboxylic acid groups (broad SMARTS) is 1. The first-order chi connectivity index (χ1) is 10.7. The number of amides is 2. The molecular formula is C14H15F3N2O4. The lowest BCUT2D eigenvalue weighted by Gasteiger charge is -2.16. The van der Waals surface area contributed by atoms with Crippen molar-refractivity contribution in [1.29, 1.82) is 0 Å². The summed E-state index contributed by atoms with van der Waals surface area (Å²) in [7, 11) is 0. The minimum absolute atomic E-state index is 0.000962. The Hall–Kier alpha value is -2.58. The zero-order valence-corrected chi connectivity index (χ0v) is 11.9. The highest BCUT2D eigenvalue weighted by atomic mass is 19.4. The zero-order valence-electron chi connectivity index (χ0n) is 11.9. The van der Waals surface area contributed by atoms with Crippen LogP contribution in [0, 0.1) is 0 Å². The molecule has 0 saturated heterocycles. The molecule has 1 atom stereocenters. The molecule has 23 heavy (non-hydrogen) atoms. The first kappa shape index (κ1) is 18.5. The van der Waals surface area contributed by atoms with Crippen LogP contribution in [0.5, 0.6) is 0 Å². The van der Waals surface area contributed by atoms with Crippen molar-refractivity contribution in [2.75, 3.05) is 6.54 Å². The highest BCUT2D eigenvalue weighted by Gasteiger charge is 2.36. The molecule has 1 aromatic rings. The summed E-state index contributed by atoms with van der Waals surface area (Å²) in [5, 5.41) is 12.6. The van der Waals surface area contributed by atoms with Gasteiger partial charge in [-0.05, 0) is 5.56 Å². The van der Waals surface area contributed by atoms with E-state index in [0.717, 1.165) is 0 Å². The molecule has 0 saturated carbocycles. The van der Waals surface area contributed by atoms with Crippen LogP contribution in [-0.2, 0) is 20.8 Å². The van der Waals surface area contributed by atoms with Crippen LogP contribution < -0.4 is 10.6 Å². The predicted octanol–water partition coefficient (Wildman–Crippen LogP) is 0.867. The lowest BCUT2D eigenvalue weighted by molar-refractivity contribution is -0.159. The zero-order chi connectivity index (χ0) is 17.5. The molecule has 0 aromatic heterocycles. The normalized spacial score (nSPS) is 12.3. The van der Waals surface area contributed by atoms with E-state index in [1.165, 1.54) is 0 Å². The number of carboxylic acids is 1. The number of nitrogens with one attached hydrogen (secondary N) is 2. The minimum Gasteiger partial charge on any atom is -0.480 e. The molecule has 9 heteroatoms. The largest absolute Gasteiger partial charge is 0.480 e. The number of halogens is 3. The Morgan fingerprint density at radius 1 is 1.09 bits per heavy atom. The Morgan fingerprint density at radius 3 is 2.22 bits per heavy atom. The summed E-state index contributed by atoms with van der Waals surface area (Å²) < 4.78 is 36.6. The summed E-state index contributed by atoms with van der Waals surface area (Å²) >= 11 is 0. The van der Waals surface area contributed by atoms with E-state index in [2.05, 4.69) is 5.32 Å². The maximum absolute atomic E-state index is 12.2. The second-order valence-corrected chi connectivity index (χ2v) is 4.72. The molecular weight excluding hydrogens is 317 g/mol. The molecule has 0 heterocycles. The molecule has 1 aromatic carbocycles. The van der Waals surface area contributed by atoms with E-state index >= 15 is 0 Å². The maximum atomic E-state index is 12.2. The maximum Gasteiger partial charge on any atom is 0.391 e. The third-order valence-electron chi connectivity index (χ3n) is 2.72. The van der Waals surface area contributed by atoms with Crippen molar-refractivity contribution in [3.63, 3.8) is 0 Å². The smallest absolute Gasteiger partial charge is 0.391 e. The van der Waals surface area contributed by atoms with E-state index < -0.39 is 43.0 Å². The van der Waals surface area contributed by atoms with Crippen LogP contribution in [0.3, 0.4) is 0 Å². The van der Waals surface area contributed by atoms with Crippen LogP contribution in [-0.4, -0.2) is 41.7 Å². The number of hydrogen-bond acceptors (Lipinski definition) is 3. The van der Waals surface area contributed by atoms with Crippen molar-refractivity contribution >= 4 is 17.8 Å². The number of carbonyl (C=O) groups is 3. The number of carbonyl (C=O) groups excluding carboxylic acids is 2. The van der Waals surface area contributed by atoms with Crippen LogP contribution in [0.1, 0.15) is 12.0 Å². The van der Waals surface area contributed by atoms with Crippen molar-refractivity contribution in [3.05, 3.63) is 35.9 Å². The number of rotatable bonds is 7. The van der Waals surface area contributed by atoms with Gasteiger partial charge in [0.15, 0.2) is 0 Å². The molecule has 0 aliphatic heterocycles. The Morgan fingerprint density at radius 2 is 1.70 bits per heavy atom. The highest BCUT2D eigenvalue weighted by Crippen LogP contribution is 2.21. The number of benzene rings is 1. The van der Waals surface area contributed by atoms with Crippen molar-refractivity contribution in [3.8, 4) is 0 Å². The molecule has 2 amide bonds. The SMILES string of the molecule is O=C(Cc1ccccc1)NCC(=O)NC(CC(F)(F)F)C(=O)O. The minimum atomic E-state index is -4.73. The lowest BCUT2D eigenvalue weighted by atomic mass is 10.1. The summed E-state index contributed by atoms with van der Waals surface area (Å²) in [6.07, 6.45) is -6.42. The molecule has 126 valence electrons. The molecule has 1 rings (SSSR count). The van der Waals surface area contributed by atoms with E-state index in [-0.39, 0.29) is 6.42 Å². The van der Waals surface area contributed by atoms with Gasteiger partial charge in [0.05, 0.1) is 19.4 Å². The monoisotopic (exact) mass is 332 g/mol. The molecule has 0 spiro atoms. The fourth-order valence-corrected chi connectivity index (χ4v) is 1.70. The summed E-state index contributed by atoms with van der Waals surface area (Å²) in [6, 6.07) is 6.52. The predicted molar refractivity (Wildman–Crippen MR) is 73.4 cm³/mol. The van der Waals surface area contributed by atoms with Crippen LogP contribution in [0.2, 0.25) is 0 Å². The number of hydrogen-bond donors (Lipinski definition) is 3. The van der Waals surface area contributed by atoms with Crippen molar-refractivity contribution in [2.24, 2.45) is 0 Å². The Kier molecular flexibility index (Phi) is 6.55. The van der Waals surface area contributed by atoms with E-state index in [1.54, 1.807) is 35.6 Å². The van der Waals surface area contributed by atoms with Crippen LogP contribution in [0.15, 0.2) is 30.3 Å². The summed E-state index contributed by atoms with van der Waals surface area (Å²) in [5.74, 6) is -3.32. The van der Waals surface area contributed by atoms with Gasteiger partial charge in [0, 0.05) is 0 Å². The van der Waals surface area contributed by atoms with Crippen LogP contribution in [0.4, 0.5) is 13.2 Å².